The second-order valence-corrected chi connectivity index (χ2v) is 5.03. The average Bonchev–Trinajstić information content (AvgIpc) is 2.07. The normalized spacial score (nSPS) is 11.4. The third kappa shape index (κ3) is 3.38. The highest BCUT2D eigenvalue weighted by Gasteiger charge is 2.23. The summed E-state index contributed by atoms with van der Waals surface area (Å²) >= 11 is 2.21. The smallest absolute Gasteiger partial charge is 0.168 e. The highest BCUT2D eigenvalue weighted by molar-refractivity contribution is 14.1. The molecule has 0 unspecified atom stereocenters. The molecule has 0 radical (unpaired) electrons. The summed E-state index contributed by atoms with van der Waals surface area (Å²) in [6.45, 7) is 3.03. The van der Waals surface area contributed by atoms with Crippen LogP contribution < -0.4 is 0 Å². The fourth-order valence-corrected chi connectivity index (χ4v) is 1.36. The number of carbonyl (C=O) groups excluding carboxylic acids is 1. The van der Waals surface area contributed by atoms with Crippen LogP contribution in [0.5, 0.6) is 0 Å². The number of ketones is 1. The molecule has 2 nitrogen and oxygen atoms in total. The molecule has 0 atom stereocenters. The highest BCUT2D eigenvalue weighted by atomic mass is 127. The molecule has 0 amide bonds. The van der Waals surface area contributed by atoms with E-state index in [1.807, 2.05) is 24.3 Å². The van der Waals surface area contributed by atoms with Gasteiger partial charge in [-0.05, 0) is 54.1 Å². The Hall–Kier alpha value is -0.420. The van der Waals surface area contributed by atoms with Gasteiger partial charge in [-0.3, -0.25) is 4.79 Å². The Kier molecular flexibility index (Phi) is 3.66. The van der Waals surface area contributed by atoms with Gasteiger partial charge < -0.3 is 5.11 Å². The molecule has 0 saturated carbocycles. The van der Waals surface area contributed by atoms with Gasteiger partial charge in [-0.25, -0.2) is 0 Å². The Balaban J connectivity index is 2.71. The first-order chi connectivity index (χ1) is 6.39. The van der Waals surface area contributed by atoms with Gasteiger partial charge in [-0.15, -0.1) is 0 Å². The van der Waals surface area contributed by atoms with Crippen LogP contribution in [0.3, 0.4) is 0 Å². The summed E-state index contributed by atoms with van der Waals surface area (Å²) in [6, 6.07) is 7.72. The molecule has 0 saturated heterocycles. The van der Waals surface area contributed by atoms with Crippen molar-refractivity contribution < 1.29 is 9.90 Å². The van der Waals surface area contributed by atoms with Crippen molar-refractivity contribution in [3.63, 3.8) is 0 Å². The van der Waals surface area contributed by atoms with Crippen molar-refractivity contribution in [2.24, 2.45) is 0 Å². The van der Waals surface area contributed by atoms with E-state index in [4.69, 9.17) is 0 Å². The zero-order valence-corrected chi connectivity index (χ0v) is 10.4. The number of carbonyl (C=O) groups is 1. The first-order valence-corrected chi connectivity index (χ1v) is 5.47. The summed E-state index contributed by atoms with van der Waals surface area (Å²) in [7, 11) is 0. The van der Waals surface area contributed by atoms with E-state index in [0.29, 0.717) is 6.42 Å². The summed E-state index contributed by atoms with van der Waals surface area (Å²) < 4.78 is 1.14. The van der Waals surface area contributed by atoms with Gasteiger partial charge in [0.15, 0.2) is 5.78 Å². The molecule has 1 N–H and O–H groups in total. The summed E-state index contributed by atoms with van der Waals surface area (Å²) in [6.07, 6.45) is 0.292. The lowest BCUT2D eigenvalue weighted by Gasteiger charge is -2.15. The molecule has 3 heteroatoms. The van der Waals surface area contributed by atoms with E-state index in [0.717, 1.165) is 9.13 Å². The monoisotopic (exact) mass is 304 g/mol. The fraction of sp³-hybridized carbons (Fsp3) is 0.364. The van der Waals surface area contributed by atoms with E-state index in [2.05, 4.69) is 22.6 Å². The van der Waals surface area contributed by atoms with Crippen LogP contribution in [0.2, 0.25) is 0 Å². The molecule has 0 aliphatic carbocycles. The van der Waals surface area contributed by atoms with E-state index in [1.54, 1.807) is 0 Å². The van der Waals surface area contributed by atoms with E-state index in [1.165, 1.54) is 13.8 Å². The Morgan fingerprint density at radius 2 is 1.86 bits per heavy atom. The zero-order chi connectivity index (χ0) is 10.8. The molecule has 0 spiro atoms. The summed E-state index contributed by atoms with van der Waals surface area (Å²) in [5, 5.41) is 9.45. The van der Waals surface area contributed by atoms with Crippen LogP contribution >= 0.6 is 22.6 Å². The predicted molar refractivity (Wildman–Crippen MR) is 64.2 cm³/mol. The number of rotatable bonds is 3. The third-order valence-corrected chi connectivity index (χ3v) is 2.68. The quantitative estimate of drug-likeness (QED) is 0.869. The topological polar surface area (TPSA) is 37.3 Å². The number of hydrogen-bond donors (Lipinski definition) is 1. The van der Waals surface area contributed by atoms with Crippen molar-refractivity contribution in [3.8, 4) is 0 Å². The maximum Gasteiger partial charge on any atom is 0.168 e. The lowest BCUT2D eigenvalue weighted by atomic mass is 9.97. The molecule has 1 aromatic rings. The maximum absolute atomic E-state index is 11.5. The van der Waals surface area contributed by atoms with Crippen LogP contribution in [0.4, 0.5) is 0 Å². The summed E-state index contributed by atoms with van der Waals surface area (Å²) in [4.78, 5) is 11.5. The highest BCUT2D eigenvalue weighted by Crippen LogP contribution is 2.11. The van der Waals surface area contributed by atoms with Crippen molar-refractivity contribution in [1.82, 2.24) is 0 Å². The number of Topliss-reactive ketones (excluding diaryl/α,β-unsaturated/α-hetero) is 1. The molecular formula is C11H13IO2. The molecule has 0 aromatic heterocycles. The first kappa shape index (κ1) is 11.7. The average molecular weight is 304 g/mol. The summed E-state index contributed by atoms with van der Waals surface area (Å²) in [5.74, 6) is -0.154. The van der Waals surface area contributed by atoms with Crippen LogP contribution in [0.1, 0.15) is 19.4 Å². The molecule has 1 aromatic carbocycles. The van der Waals surface area contributed by atoms with Crippen molar-refractivity contribution in [2.75, 3.05) is 0 Å². The van der Waals surface area contributed by atoms with Gasteiger partial charge in [0.25, 0.3) is 0 Å². The van der Waals surface area contributed by atoms with Gasteiger partial charge in [0.2, 0.25) is 0 Å². The second-order valence-electron chi connectivity index (χ2n) is 3.79. The van der Waals surface area contributed by atoms with Crippen molar-refractivity contribution in [1.29, 1.82) is 0 Å². The molecule has 0 heterocycles. The summed E-state index contributed by atoms with van der Waals surface area (Å²) in [5.41, 5.74) is -0.291. The lowest BCUT2D eigenvalue weighted by molar-refractivity contribution is -0.133. The minimum atomic E-state index is -1.23. The molecule has 1 rings (SSSR count). The molecule has 0 aliphatic rings. The molecule has 76 valence electrons. The Morgan fingerprint density at radius 3 is 2.29 bits per heavy atom. The standard InChI is InChI=1S/C11H13IO2/c1-11(2,14)10(13)7-8-3-5-9(12)6-4-8/h3-6,14H,7H2,1-2H3. The molecular weight excluding hydrogens is 291 g/mol. The van der Waals surface area contributed by atoms with Gasteiger partial charge in [0, 0.05) is 9.99 Å². The van der Waals surface area contributed by atoms with E-state index in [-0.39, 0.29) is 5.78 Å². The molecule has 0 fully saturated rings. The van der Waals surface area contributed by atoms with Crippen LogP contribution in [-0.2, 0) is 11.2 Å². The predicted octanol–water partition coefficient (Wildman–Crippen LogP) is 2.17. The zero-order valence-electron chi connectivity index (χ0n) is 8.25. The van der Waals surface area contributed by atoms with Crippen molar-refractivity contribution >= 4 is 28.4 Å². The van der Waals surface area contributed by atoms with Crippen LogP contribution in [0.25, 0.3) is 0 Å². The van der Waals surface area contributed by atoms with Gasteiger partial charge in [-0.2, -0.15) is 0 Å². The van der Waals surface area contributed by atoms with Gasteiger partial charge >= 0.3 is 0 Å². The van der Waals surface area contributed by atoms with Gasteiger partial charge in [0.1, 0.15) is 5.60 Å². The SMILES string of the molecule is CC(C)(O)C(=O)Cc1ccc(I)cc1. The minimum Gasteiger partial charge on any atom is -0.383 e. The van der Waals surface area contributed by atoms with E-state index < -0.39 is 5.60 Å². The molecule has 0 bridgehead atoms. The minimum absolute atomic E-state index is 0.154. The number of benzene rings is 1. The van der Waals surface area contributed by atoms with Crippen LogP contribution in [0, 0.1) is 3.57 Å². The number of halogens is 1. The molecule has 14 heavy (non-hydrogen) atoms. The third-order valence-electron chi connectivity index (χ3n) is 1.96. The lowest BCUT2D eigenvalue weighted by Crippen LogP contribution is -2.32. The number of hydrogen-bond acceptors (Lipinski definition) is 2. The Morgan fingerprint density at radius 1 is 1.36 bits per heavy atom. The van der Waals surface area contributed by atoms with Crippen molar-refractivity contribution in [2.45, 2.75) is 25.9 Å². The van der Waals surface area contributed by atoms with Gasteiger partial charge in [0.05, 0.1) is 0 Å². The van der Waals surface area contributed by atoms with Crippen LogP contribution in [0.15, 0.2) is 24.3 Å². The largest absolute Gasteiger partial charge is 0.383 e. The van der Waals surface area contributed by atoms with E-state index in [9.17, 15) is 9.90 Å². The number of aliphatic hydroxyl groups is 1. The molecule has 0 aliphatic heterocycles. The Bertz CT molecular complexity index is 322. The van der Waals surface area contributed by atoms with Crippen LogP contribution in [-0.4, -0.2) is 16.5 Å². The second kappa shape index (κ2) is 4.40. The van der Waals surface area contributed by atoms with Crippen molar-refractivity contribution in [3.05, 3.63) is 33.4 Å². The first-order valence-electron chi connectivity index (χ1n) is 4.40. The Labute approximate surface area is 97.5 Å². The van der Waals surface area contributed by atoms with E-state index >= 15 is 0 Å². The fourth-order valence-electron chi connectivity index (χ4n) is 1.00. The maximum atomic E-state index is 11.5. The van der Waals surface area contributed by atoms with Gasteiger partial charge in [-0.1, -0.05) is 12.1 Å².